The molecule has 0 spiro atoms. The molecular formula is C42H50N4O3S. The number of hydrogen-bond donors (Lipinski definition) is 2. The van der Waals surface area contributed by atoms with Crippen molar-refractivity contribution >= 4 is 29.1 Å². The smallest absolute Gasteiger partial charge is 0.253 e. The van der Waals surface area contributed by atoms with Crippen LogP contribution in [0.1, 0.15) is 76.1 Å². The van der Waals surface area contributed by atoms with Crippen LogP contribution < -0.4 is 10.6 Å². The van der Waals surface area contributed by atoms with Crippen LogP contribution >= 0.6 is 11.3 Å². The Kier molecular flexibility index (Phi) is 12.9. The van der Waals surface area contributed by atoms with Crippen LogP contribution in [0.25, 0.3) is 11.1 Å². The van der Waals surface area contributed by atoms with Crippen LogP contribution in [0.3, 0.4) is 0 Å². The van der Waals surface area contributed by atoms with E-state index in [-0.39, 0.29) is 24.3 Å². The largest absolute Gasteiger partial charge is 0.343 e. The first kappa shape index (κ1) is 35.6. The first-order valence-corrected chi connectivity index (χ1v) is 19.2. The summed E-state index contributed by atoms with van der Waals surface area (Å²) in [6.45, 7) is 4.90. The third-order valence-electron chi connectivity index (χ3n) is 10.3. The number of carbonyl (C=O) groups is 3. The Hall–Kier alpha value is -4.27. The molecule has 7 nitrogen and oxygen atoms in total. The Morgan fingerprint density at radius 3 is 2.22 bits per heavy atom. The molecular weight excluding hydrogens is 641 g/mol. The molecule has 262 valence electrons. The number of piperidine rings is 2. The molecule has 3 heterocycles. The zero-order chi connectivity index (χ0) is 34.5. The molecule has 0 aliphatic carbocycles. The third-order valence-corrected chi connectivity index (χ3v) is 11.3. The Balaban J connectivity index is 1.05. The molecule has 1 aromatic heterocycles. The highest BCUT2D eigenvalue weighted by Crippen LogP contribution is 2.28. The molecule has 2 fully saturated rings. The lowest BCUT2D eigenvalue weighted by atomic mass is 9.87. The van der Waals surface area contributed by atoms with E-state index < -0.39 is 0 Å². The summed E-state index contributed by atoms with van der Waals surface area (Å²) in [6, 6.07) is 29.2. The van der Waals surface area contributed by atoms with Gasteiger partial charge in [0, 0.05) is 42.2 Å². The Morgan fingerprint density at radius 1 is 0.780 bits per heavy atom. The van der Waals surface area contributed by atoms with Gasteiger partial charge in [0.05, 0.1) is 6.54 Å². The predicted molar refractivity (Wildman–Crippen MR) is 202 cm³/mol. The van der Waals surface area contributed by atoms with Crippen molar-refractivity contribution in [1.29, 1.82) is 0 Å². The summed E-state index contributed by atoms with van der Waals surface area (Å²) in [4.78, 5) is 44.8. The summed E-state index contributed by atoms with van der Waals surface area (Å²) in [5.41, 5.74) is 4.24. The Labute approximate surface area is 301 Å². The lowest BCUT2D eigenvalue weighted by Gasteiger charge is -2.32. The molecule has 0 bridgehead atoms. The summed E-state index contributed by atoms with van der Waals surface area (Å²) < 4.78 is 0. The van der Waals surface area contributed by atoms with Gasteiger partial charge in [-0.15, -0.1) is 11.3 Å². The van der Waals surface area contributed by atoms with Crippen molar-refractivity contribution in [1.82, 2.24) is 20.4 Å². The van der Waals surface area contributed by atoms with Gasteiger partial charge in [0.1, 0.15) is 0 Å². The molecule has 0 unspecified atom stereocenters. The van der Waals surface area contributed by atoms with Gasteiger partial charge in [-0.2, -0.15) is 0 Å². The normalized spacial score (nSPS) is 15.5. The van der Waals surface area contributed by atoms with Crippen molar-refractivity contribution in [2.75, 3.05) is 39.3 Å². The number of nitrogens with one attached hydrogen (secondary N) is 2. The van der Waals surface area contributed by atoms with Crippen LogP contribution in [0, 0.1) is 11.8 Å². The quantitative estimate of drug-likeness (QED) is 0.144. The molecule has 0 radical (unpaired) electrons. The highest BCUT2D eigenvalue weighted by molar-refractivity contribution is 7.09. The number of benzene rings is 3. The van der Waals surface area contributed by atoms with Gasteiger partial charge in [0.25, 0.3) is 11.8 Å². The molecule has 0 atom stereocenters. The van der Waals surface area contributed by atoms with Gasteiger partial charge < -0.3 is 20.4 Å². The molecule has 0 saturated carbocycles. The SMILES string of the molecule is O=C(NCC(=O)N(CCc1cccs1)Cc1cccc(-c2cccc(C(=O)N3CCC(CCCC4CCNCC4)CC3)c2)c1)c1ccccc1. The zero-order valence-corrected chi connectivity index (χ0v) is 29.8. The number of nitrogens with zero attached hydrogens (tertiary/aromatic N) is 2. The molecule has 50 heavy (non-hydrogen) atoms. The van der Waals surface area contributed by atoms with Gasteiger partial charge in [-0.25, -0.2) is 0 Å². The van der Waals surface area contributed by atoms with Gasteiger partial charge >= 0.3 is 0 Å². The van der Waals surface area contributed by atoms with Gasteiger partial charge in [0.15, 0.2) is 0 Å². The van der Waals surface area contributed by atoms with E-state index in [1.165, 1.54) is 50.1 Å². The van der Waals surface area contributed by atoms with E-state index in [1.54, 1.807) is 23.5 Å². The van der Waals surface area contributed by atoms with Crippen molar-refractivity contribution in [3.05, 3.63) is 118 Å². The topological polar surface area (TPSA) is 81.8 Å². The lowest BCUT2D eigenvalue weighted by Crippen LogP contribution is -2.40. The Morgan fingerprint density at radius 2 is 1.48 bits per heavy atom. The summed E-state index contributed by atoms with van der Waals surface area (Å²) >= 11 is 1.68. The Bertz CT molecular complexity index is 1680. The first-order valence-electron chi connectivity index (χ1n) is 18.3. The zero-order valence-electron chi connectivity index (χ0n) is 29.0. The molecule has 6 rings (SSSR count). The van der Waals surface area contributed by atoms with Crippen LogP contribution in [0.4, 0.5) is 0 Å². The fraction of sp³-hybridized carbons (Fsp3) is 0.405. The van der Waals surface area contributed by atoms with Crippen molar-refractivity contribution in [3.8, 4) is 11.1 Å². The predicted octanol–water partition coefficient (Wildman–Crippen LogP) is 7.44. The highest BCUT2D eigenvalue weighted by atomic mass is 32.1. The molecule has 2 aliphatic rings. The number of amides is 3. The average Bonchev–Trinajstić information content (AvgIpc) is 3.70. The minimum absolute atomic E-state index is 0.0718. The van der Waals surface area contributed by atoms with Crippen LogP contribution in [-0.2, 0) is 17.8 Å². The monoisotopic (exact) mass is 690 g/mol. The van der Waals surface area contributed by atoms with E-state index in [9.17, 15) is 14.4 Å². The number of hydrogen-bond acceptors (Lipinski definition) is 5. The van der Waals surface area contributed by atoms with Crippen molar-refractivity contribution < 1.29 is 14.4 Å². The standard InChI is InChI=1S/C42H50N4O3S/c47-40(30-44-41(48)35-11-2-1-3-12-35)46(26-21-39-16-7-27-50-39)31-34-10-5-13-36(28-34)37-14-6-15-38(29-37)42(49)45-24-19-33(20-25-45)9-4-8-32-17-22-43-23-18-32/h1-3,5-7,10-16,27-29,32-33,43H,4,8-9,17-26,30-31H2,(H,44,48). The van der Waals surface area contributed by atoms with E-state index in [0.29, 0.717) is 18.7 Å². The molecule has 2 saturated heterocycles. The number of carbonyl (C=O) groups excluding carboxylic acids is 3. The van der Waals surface area contributed by atoms with Crippen molar-refractivity contribution in [3.63, 3.8) is 0 Å². The van der Waals surface area contributed by atoms with Gasteiger partial charge in [0.2, 0.25) is 5.91 Å². The van der Waals surface area contributed by atoms with E-state index >= 15 is 0 Å². The summed E-state index contributed by atoms with van der Waals surface area (Å²) in [5.74, 6) is 1.34. The maximum Gasteiger partial charge on any atom is 0.253 e. The van der Waals surface area contributed by atoms with Gasteiger partial charge in [-0.3, -0.25) is 14.4 Å². The number of rotatable bonds is 14. The first-order chi connectivity index (χ1) is 24.5. The molecule has 8 heteroatoms. The molecule has 2 N–H and O–H groups in total. The van der Waals surface area contributed by atoms with E-state index in [1.807, 2.05) is 75.8 Å². The molecule has 2 aliphatic heterocycles. The highest BCUT2D eigenvalue weighted by Gasteiger charge is 2.24. The van der Waals surface area contributed by atoms with Crippen LogP contribution in [0.15, 0.2) is 96.4 Å². The van der Waals surface area contributed by atoms with Crippen LogP contribution in [0.5, 0.6) is 0 Å². The fourth-order valence-electron chi connectivity index (χ4n) is 7.33. The second-order valence-corrected chi connectivity index (χ2v) is 14.9. The molecule has 3 amide bonds. The van der Waals surface area contributed by atoms with Gasteiger partial charge in [-0.1, -0.05) is 73.9 Å². The summed E-state index contributed by atoms with van der Waals surface area (Å²) in [5, 5.41) is 8.31. The lowest BCUT2D eigenvalue weighted by molar-refractivity contribution is -0.130. The fourth-order valence-corrected chi connectivity index (χ4v) is 8.02. The second kappa shape index (κ2) is 18.1. The van der Waals surface area contributed by atoms with Crippen LogP contribution in [-0.4, -0.2) is 66.8 Å². The van der Waals surface area contributed by atoms with Crippen LogP contribution in [0.2, 0.25) is 0 Å². The van der Waals surface area contributed by atoms with E-state index in [0.717, 1.165) is 66.4 Å². The van der Waals surface area contributed by atoms with Crippen molar-refractivity contribution in [2.45, 2.75) is 57.9 Å². The minimum atomic E-state index is -0.263. The number of thiophene rings is 1. The van der Waals surface area contributed by atoms with E-state index in [2.05, 4.69) is 28.8 Å². The summed E-state index contributed by atoms with van der Waals surface area (Å²) in [6.07, 6.45) is 9.53. The summed E-state index contributed by atoms with van der Waals surface area (Å²) in [7, 11) is 0. The third kappa shape index (κ3) is 10.1. The number of likely N-dealkylation sites (tertiary alicyclic amines) is 1. The van der Waals surface area contributed by atoms with Crippen molar-refractivity contribution in [2.24, 2.45) is 11.8 Å². The molecule has 4 aromatic rings. The maximum atomic E-state index is 13.6. The average molecular weight is 691 g/mol. The van der Waals surface area contributed by atoms with Gasteiger partial charge in [-0.05, 0) is 115 Å². The minimum Gasteiger partial charge on any atom is -0.343 e. The second-order valence-electron chi connectivity index (χ2n) is 13.8. The van der Waals surface area contributed by atoms with E-state index in [4.69, 9.17) is 0 Å². The molecule has 3 aromatic carbocycles. The maximum absolute atomic E-state index is 13.6.